The highest BCUT2D eigenvalue weighted by Gasteiger charge is 2.36. The maximum Gasteiger partial charge on any atom is 0.228 e. The van der Waals surface area contributed by atoms with E-state index >= 15 is 0 Å². The lowest BCUT2D eigenvalue weighted by atomic mass is 9.95. The van der Waals surface area contributed by atoms with Gasteiger partial charge in [-0.2, -0.15) is 0 Å². The highest BCUT2D eigenvalue weighted by atomic mass is 16.5. The molecule has 6 heteroatoms. The van der Waals surface area contributed by atoms with Crippen molar-refractivity contribution in [3.05, 3.63) is 23.7 Å². The van der Waals surface area contributed by atoms with Gasteiger partial charge in [-0.25, -0.2) is 0 Å². The molecule has 24 heavy (non-hydrogen) atoms. The van der Waals surface area contributed by atoms with Crippen LogP contribution in [0.3, 0.4) is 0 Å². The standard InChI is InChI=1S/C18H26N2O4/c1-3-17(21)19-8-4-5-14(11-19)18(22)20-9-10-23-12-15(20)16-7-6-13(2)24-16/h6-7,14-15H,3-5,8-12H2,1-2H3/t14-,15+/m1/s1. The molecule has 6 nitrogen and oxygen atoms in total. The van der Waals surface area contributed by atoms with E-state index in [0.29, 0.717) is 32.7 Å². The average molecular weight is 334 g/mol. The quantitative estimate of drug-likeness (QED) is 0.849. The van der Waals surface area contributed by atoms with Crippen LogP contribution in [0.1, 0.15) is 43.7 Å². The van der Waals surface area contributed by atoms with E-state index in [1.165, 1.54) is 0 Å². The van der Waals surface area contributed by atoms with Crippen molar-refractivity contribution < 1.29 is 18.7 Å². The number of hydrogen-bond acceptors (Lipinski definition) is 4. The van der Waals surface area contributed by atoms with Crippen LogP contribution < -0.4 is 0 Å². The first-order chi connectivity index (χ1) is 11.6. The van der Waals surface area contributed by atoms with Gasteiger partial charge in [0, 0.05) is 26.1 Å². The molecular formula is C18H26N2O4. The molecule has 3 rings (SSSR count). The molecule has 3 heterocycles. The number of piperidine rings is 1. The first kappa shape index (κ1) is 17.0. The number of aryl methyl sites for hydroxylation is 1. The fourth-order valence-corrected chi connectivity index (χ4v) is 3.60. The smallest absolute Gasteiger partial charge is 0.228 e. The normalized spacial score (nSPS) is 24.9. The molecule has 2 saturated heterocycles. The lowest BCUT2D eigenvalue weighted by Crippen LogP contribution is -2.50. The molecule has 0 aromatic carbocycles. The molecule has 1 aromatic rings. The van der Waals surface area contributed by atoms with Crippen molar-refractivity contribution in [2.45, 2.75) is 39.2 Å². The minimum absolute atomic E-state index is 0.117. The molecule has 0 spiro atoms. The van der Waals surface area contributed by atoms with Crippen LogP contribution in [0.2, 0.25) is 0 Å². The van der Waals surface area contributed by atoms with E-state index in [4.69, 9.17) is 9.15 Å². The van der Waals surface area contributed by atoms with Gasteiger partial charge in [-0.05, 0) is 31.9 Å². The van der Waals surface area contributed by atoms with Gasteiger partial charge in [0.05, 0.1) is 19.1 Å². The molecule has 2 aliphatic rings. The number of likely N-dealkylation sites (tertiary alicyclic amines) is 1. The molecule has 0 bridgehead atoms. The van der Waals surface area contributed by atoms with Gasteiger partial charge in [0.25, 0.3) is 0 Å². The zero-order chi connectivity index (χ0) is 17.1. The van der Waals surface area contributed by atoms with Crippen LogP contribution in [0, 0.1) is 12.8 Å². The molecule has 0 N–H and O–H groups in total. The summed E-state index contributed by atoms with van der Waals surface area (Å²) in [5, 5.41) is 0. The topological polar surface area (TPSA) is 63.0 Å². The second kappa shape index (κ2) is 7.38. The summed E-state index contributed by atoms with van der Waals surface area (Å²) in [6, 6.07) is 3.66. The Morgan fingerprint density at radius 2 is 2.12 bits per heavy atom. The molecule has 2 fully saturated rings. The van der Waals surface area contributed by atoms with Gasteiger partial charge in [0.2, 0.25) is 11.8 Å². The van der Waals surface area contributed by atoms with Crippen LogP contribution >= 0.6 is 0 Å². The number of carbonyl (C=O) groups excluding carboxylic acids is 2. The van der Waals surface area contributed by atoms with Crippen LogP contribution in [0.5, 0.6) is 0 Å². The summed E-state index contributed by atoms with van der Waals surface area (Å²) in [4.78, 5) is 28.8. The van der Waals surface area contributed by atoms with Gasteiger partial charge >= 0.3 is 0 Å². The van der Waals surface area contributed by atoms with Crippen LogP contribution in [-0.4, -0.2) is 54.5 Å². The number of carbonyl (C=O) groups is 2. The van der Waals surface area contributed by atoms with Crippen molar-refractivity contribution in [2.75, 3.05) is 32.8 Å². The average Bonchev–Trinajstić information content (AvgIpc) is 3.06. The van der Waals surface area contributed by atoms with Crippen molar-refractivity contribution in [3.8, 4) is 0 Å². The fraction of sp³-hybridized carbons (Fsp3) is 0.667. The number of furan rings is 1. The van der Waals surface area contributed by atoms with Crippen LogP contribution in [0.15, 0.2) is 16.5 Å². The van der Waals surface area contributed by atoms with Crippen molar-refractivity contribution in [1.82, 2.24) is 9.80 Å². The molecular weight excluding hydrogens is 308 g/mol. The maximum atomic E-state index is 13.1. The number of nitrogens with zero attached hydrogens (tertiary/aromatic N) is 2. The third kappa shape index (κ3) is 3.48. The molecule has 1 aromatic heterocycles. The molecule has 2 amide bonds. The first-order valence-corrected chi connectivity index (χ1v) is 8.82. The van der Waals surface area contributed by atoms with E-state index < -0.39 is 0 Å². The summed E-state index contributed by atoms with van der Waals surface area (Å²) in [6.45, 7) is 6.64. The third-order valence-corrected chi connectivity index (χ3v) is 4.93. The summed E-state index contributed by atoms with van der Waals surface area (Å²) < 4.78 is 11.3. The van der Waals surface area contributed by atoms with Crippen molar-refractivity contribution in [1.29, 1.82) is 0 Å². The summed E-state index contributed by atoms with van der Waals surface area (Å²) in [5.41, 5.74) is 0. The summed E-state index contributed by atoms with van der Waals surface area (Å²) in [5.74, 6) is 1.74. The van der Waals surface area contributed by atoms with Gasteiger partial charge in [-0.15, -0.1) is 0 Å². The Labute approximate surface area is 142 Å². The molecule has 0 saturated carbocycles. The SMILES string of the molecule is CCC(=O)N1CCC[C@@H](C(=O)N2CCOC[C@H]2c2ccc(C)o2)C1. The number of amides is 2. The Morgan fingerprint density at radius 3 is 2.83 bits per heavy atom. The summed E-state index contributed by atoms with van der Waals surface area (Å²) in [7, 11) is 0. The summed E-state index contributed by atoms with van der Waals surface area (Å²) in [6.07, 6.45) is 2.22. The highest BCUT2D eigenvalue weighted by Crippen LogP contribution is 2.29. The first-order valence-electron chi connectivity index (χ1n) is 8.82. The van der Waals surface area contributed by atoms with Gasteiger partial charge in [0.15, 0.2) is 0 Å². The van der Waals surface area contributed by atoms with E-state index in [2.05, 4.69) is 0 Å². The largest absolute Gasteiger partial charge is 0.464 e. The number of rotatable bonds is 3. The van der Waals surface area contributed by atoms with Gasteiger partial charge in [0.1, 0.15) is 17.6 Å². The Hall–Kier alpha value is -1.82. The third-order valence-electron chi connectivity index (χ3n) is 4.93. The van der Waals surface area contributed by atoms with E-state index in [0.717, 1.165) is 30.9 Å². The molecule has 132 valence electrons. The molecule has 0 aliphatic carbocycles. The number of hydrogen-bond donors (Lipinski definition) is 0. The van der Waals surface area contributed by atoms with Crippen LogP contribution in [-0.2, 0) is 14.3 Å². The van der Waals surface area contributed by atoms with E-state index in [-0.39, 0.29) is 23.8 Å². The van der Waals surface area contributed by atoms with Crippen molar-refractivity contribution in [2.24, 2.45) is 5.92 Å². The zero-order valence-electron chi connectivity index (χ0n) is 14.5. The Morgan fingerprint density at radius 1 is 1.29 bits per heavy atom. The number of morpholine rings is 1. The van der Waals surface area contributed by atoms with Gasteiger partial charge < -0.3 is 19.0 Å². The van der Waals surface area contributed by atoms with E-state index in [1.54, 1.807) is 0 Å². The van der Waals surface area contributed by atoms with Crippen molar-refractivity contribution in [3.63, 3.8) is 0 Å². The molecule has 2 aliphatic heterocycles. The monoisotopic (exact) mass is 334 g/mol. The number of ether oxygens (including phenoxy) is 1. The summed E-state index contributed by atoms with van der Waals surface area (Å²) >= 11 is 0. The van der Waals surface area contributed by atoms with Crippen molar-refractivity contribution >= 4 is 11.8 Å². The predicted molar refractivity (Wildman–Crippen MR) is 88.3 cm³/mol. The second-order valence-electron chi connectivity index (χ2n) is 6.60. The minimum atomic E-state index is -0.169. The maximum absolute atomic E-state index is 13.1. The Kier molecular flexibility index (Phi) is 5.23. The lowest BCUT2D eigenvalue weighted by molar-refractivity contribution is -0.148. The molecule has 2 atom stereocenters. The fourth-order valence-electron chi connectivity index (χ4n) is 3.60. The van der Waals surface area contributed by atoms with Crippen LogP contribution in [0.25, 0.3) is 0 Å². The molecule has 0 radical (unpaired) electrons. The zero-order valence-corrected chi connectivity index (χ0v) is 14.5. The molecule has 0 unspecified atom stereocenters. The van der Waals surface area contributed by atoms with Crippen LogP contribution in [0.4, 0.5) is 0 Å². The van der Waals surface area contributed by atoms with Gasteiger partial charge in [-0.3, -0.25) is 9.59 Å². The Bertz CT molecular complexity index is 598. The highest BCUT2D eigenvalue weighted by molar-refractivity contribution is 5.81. The predicted octanol–water partition coefficient (Wildman–Crippen LogP) is 2.14. The second-order valence-corrected chi connectivity index (χ2v) is 6.60. The Balaban J connectivity index is 1.73. The van der Waals surface area contributed by atoms with E-state index in [1.807, 2.05) is 35.8 Å². The van der Waals surface area contributed by atoms with E-state index in [9.17, 15) is 9.59 Å². The minimum Gasteiger partial charge on any atom is -0.464 e. The lowest BCUT2D eigenvalue weighted by Gasteiger charge is -2.39. The van der Waals surface area contributed by atoms with Gasteiger partial charge in [-0.1, -0.05) is 6.92 Å².